The van der Waals surface area contributed by atoms with Crippen LogP contribution in [0.3, 0.4) is 0 Å². The molecule has 52 valence electrons. The van der Waals surface area contributed by atoms with E-state index in [1.54, 1.807) is 0 Å². The molecule has 0 fully saturated rings. The molecule has 0 bridgehead atoms. The first-order valence-corrected chi connectivity index (χ1v) is 2.70. The summed E-state index contributed by atoms with van der Waals surface area (Å²) in [4.78, 5) is 13.5. The van der Waals surface area contributed by atoms with Crippen molar-refractivity contribution in [3.8, 4) is 0 Å². The maximum absolute atomic E-state index is 9.72. The largest absolute Gasteiger partial charge is 0.370 e. The van der Waals surface area contributed by atoms with E-state index in [9.17, 15) is 4.79 Å². The van der Waals surface area contributed by atoms with Crippen LogP contribution in [0.4, 0.5) is 0 Å². The third kappa shape index (κ3) is 4.80. The van der Waals surface area contributed by atoms with Gasteiger partial charge < -0.3 is 5.73 Å². The lowest BCUT2D eigenvalue weighted by Gasteiger charge is -1.98. The third-order valence-corrected chi connectivity index (χ3v) is 0.604. The first-order valence-electron chi connectivity index (χ1n) is 2.70. The number of nitrogens with zero attached hydrogens (tertiary/aromatic N) is 1. The zero-order valence-corrected chi connectivity index (χ0v) is 5.59. The van der Waals surface area contributed by atoms with E-state index in [1.165, 1.54) is 0 Å². The summed E-state index contributed by atoms with van der Waals surface area (Å²) in [5.74, 6) is 0.167. The number of rotatable bonds is 2. The Balaban J connectivity index is 3.68. The Bertz CT molecular complexity index is 119. The van der Waals surface area contributed by atoms with Gasteiger partial charge in [0.25, 0.3) is 0 Å². The number of carbonyl (C=O) groups excluding carboxylic acids is 1. The Morgan fingerprint density at radius 2 is 2.33 bits per heavy atom. The van der Waals surface area contributed by atoms with Gasteiger partial charge in [0.1, 0.15) is 0 Å². The van der Waals surface area contributed by atoms with E-state index in [2.05, 4.69) is 10.3 Å². The number of aliphatic imine (C=N–C) groups is 1. The Morgan fingerprint density at radius 1 is 1.78 bits per heavy atom. The molecule has 3 N–H and O–H groups in total. The van der Waals surface area contributed by atoms with Gasteiger partial charge in [-0.25, -0.2) is 0 Å². The molecule has 4 nitrogen and oxygen atoms in total. The highest BCUT2D eigenvalue weighted by molar-refractivity contribution is 5.87. The molecular weight excluding hydrogens is 118 g/mol. The SMILES string of the molecule is CC(C)N=C(N)NC=O. The molecule has 9 heavy (non-hydrogen) atoms. The minimum Gasteiger partial charge on any atom is -0.370 e. The molecule has 0 aromatic heterocycles. The van der Waals surface area contributed by atoms with Gasteiger partial charge in [-0.2, -0.15) is 0 Å². The Hall–Kier alpha value is -1.06. The topological polar surface area (TPSA) is 67.5 Å². The average Bonchev–Trinajstić information content (AvgIpc) is 1.63. The summed E-state index contributed by atoms with van der Waals surface area (Å²) in [6.07, 6.45) is 0.501. The Morgan fingerprint density at radius 3 is 2.67 bits per heavy atom. The van der Waals surface area contributed by atoms with Crippen LogP contribution in [-0.4, -0.2) is 18.4 Å². The van der Waals surface area contributed by atoms with Crippen molar-refractivity contribution in [1.82, 2.24) is 5.32 Å². The highest BCUT2D eigenvalue weighted by Gasteiger charge is 1.89. The highest BCUT2D eigenvalue weighted by atomic mass is 16.1. The second kappa shape index (κ2) is 3.88. The molecule has 0 heterocycles. The number of nitrogens with one attached hydrogen (secondary N) is 1. The number of hydrogen-bond acceptors (Lipinski definition) is 2. The van der Waals surface area contributed by atoms with E-state index in [0.29, 0.717) is 6.41 Å². The van der Waals surface area contributed by atoms with E-state index >= 15 is 0 Å². The van der Waals surface area contributed by atoms with Crippen LogP contribution in [0.1, 0.15) is 13.8 Å². The summed E-state index contributed by atoms with van der Waals surface area (Å²) in [6.45, 7) is 3.75. The van der Waals surface area contributed by atoms with Crippen molar-refractivity contribution >= 4 is 12.4 Å². The predicted molar refractivity (Wildman–Crippen MR) is 36.0 cm³/mol. The van der Waals surface area contributed by atoms with Gasteiger partial charge in [0.15, 0.2) is 5.96 Å². The van der Waals surface area contributed by atoms with Crippen molar-refractivity contribution in [2.75, 3.05) is 0 Å². The van der Waals surface area contributed by atoms with Gasteiger partial charge in [0.2, 0.25) is 6.41 Å². The van der Waals surface area contributed by atoms with Crippen molar-refractivity contribution < 1.29 is 4.79 Å². The normalized spacial score (nSPS) is 11.7. The number of hydrogen-bond donors (Lipinski definition) is 2. The van der Waals surface area contributed by atoms with Crippen LogP contribution in [-0.2, 0) is 4.79 Å². The van der Waals surface area contributed by atoms with E-state index < -0.39 is 0 Å². The molecule has 0 aliphatic heterocycles. The fourth-order valence-corrected chi connectivity index (χ4v) is 0.376. The van der Waals surface area contributed by atoms with E-state index in [4.69, 9.17) is 5.73 Å². The van der Waals surface area contributed by atoms with Gasteiger partial charge in [-0.15, -0.1) is 0 Å². The molecule has 4 heteroatoms. The lowest BCUT2D eigenvalue weighted by atomic mass is 10.4. The lowest BCUT2D eigenvalue weighted by molar-refractivity contribution is -0.108. The lowest BCUT2D eigenvalue weighted by Crippen LogP contribution is -2.31. The minimum absolute atomic E-state index is 0.123. The van der Waals surface area contributed by atoms with Crippen LogP contribution >= 0.6 is 0 Å². The molecule has 0 rings (SSSR count). The maximum Gasteiger partial charge on any atom is 0.213 e. The van der Waals surface area contributed by atoms with Crippen LogP contribution < -0.4 is 11.1 Å². The van der Waals surface area contributed by atoms with Crippen LogP contribution in [0.15, 0.2) is 4.99 Å². The molecule has 0 saturated heterocycles. The molecule has 0 aromatic rings. The van der Waals surface area contributed by atoms with Crippen molar-refractivity contribution in [2.45, 2.75) is 19.9 Å². The number of amides is 1. The molecule has 0 radical (unpaired) electrons. The molecular formula is C5H11N3O. The van der Waals surface area contributed by atoms with Crippen molar-refractivity contribution in [3.05, 3.63) is 0 Å². The monoisotopic (exact) mass is 129 g/mol. The zero-order chi connectivity index (χ0) is 7.28. The van der Waals surface area contributed by atoms with Crippen LogP contribution in [0, 0.1) is 0 Å². The Kier molecular flexibility index (Phi) is 3.43. The van der Waals surface area contributed by atoms with Crippen LogP contribution in [0.5, 0.6) is 0 Å². The second-order valence-corrected chi connectivity index (χ2v) is 1.87. The zero-order valence-electron chi connectivity index (χ0n) is 5.59. The van der Waals surface area contributed by atoms with Gasteiger partial charge in [-0.3, -0.25) is 15.1 Å². The molecule has 0 aromatic carbocycles. The molecule has 0 atom stereocenters. The number of nitrogens with two attached hydrogens (primary N) is 1. The first kappa shape index (κ1) is 7.94. The molecule has 0 aliphatic carbocycles. The summed E-state index contributed by atoms with van der Waals surface area (Å²) < 4.78 is 0. The number of guanidine groups is 1. The van der Waals surface area contributed by atoms with Crippen LogP contribution in [0.2, 0.25) is 0 Å². The molecule has 0 aliphatic rings. The van der Waals surface area contributed by atoms with Crippen molar-refractivity contribution in [2.24, 2.45) is 10.7 Å². The maximum atomic E-state index is 9.72. The molecule has 0 unspecified atom stereocenters. The van der Waals surface area contributed by atoms with Gasteiger partial charge in [-0.05, 0) is 13.8 Å². The quantitative estimate of drug-likeness (QED) is 0.298. The molecule has 0 spiro atoms. The summed E-state index contributed by atoms with van der Waals surface area (Å²) in [5, 5.41) is 2.22. The van der Waals surface area contributed by atoms with Gasteiger partial charge in [-0.1, -0.05) is 0 Å². The fraction of sp³-hybridized carbons (Fsp3) is 0.600. The van der Waals surface area contributed by atoms with E-state index in [-0.39, 0.29) is 12.0 Å². The molecule has 0 saturated carbocycles. The van der Waals surface area contributed by atoms with E-state index in [1.807, 2.05) is 13.8 Å². The van der Waals surface area contributed by atoms with Crippen molar-refractivity contribution in [3.63, 3.8) is 0 Å². The summed E-state index contributed by atoms with van der Waals surface area (Å²) in [5.41, 5.74) is 5.19. The summed E-state index contributed by atoms with van der Waals surface area (Å²) in [6, 6.07) is 0.123. The smallest absolute Gasteiger partial charge is 0.213 e. The van der Waals surface area contributed by atoms with Crippen LogP contribution in [0.25, 0.3) is 0 Å². The predicted octanol–water partition coefficient (Wildman–Crippen LogP) is -0.544. The average molecular weight is 129 g/mol. The summed E-state index contributed by atoms with van der Waals surface area (Å²) in [7, 11) is 0. The van der Waals surface area contributed by atoms with Gasteiger partial charge in [0, 0.05) is 6.04 Å². The fourth-order valence-electron chi connectivity index (χ4n) is 0.376. The van der Waals surface area contributed by atoms with E-state index in [0.717, 1.165) is 0 Å². The van der Waals surface area contributed by atoms with Gasteiger partial charge in [0.05, 0.1) is 0 Å². The highest BCUT2D eigenvalue weighted by Crippen LogP contribution is 1.82. The van der Waals surface area contributed by atoms with Gasteiger partial charge >= 0.3 is 0 Å². The third-order valence-electron chi connectivity index (χ3n) is 0.604. The Labute approximate surface area is 54.1 Å². The number of carbonyl (C=O) groups is 1. The minimum atomic E-state index is 0.123. The van der Waals surface area contributed by atoms with Crippen molar-refractivity contribution in [1.29, 1.82) is 0 Å². The first-order chi connectivity index (χ1) is 4.16. The summed E-state index contributed by atoms with van der Waals surface area (Å²) >= 11 is 0. The standard InChI is InChI=1S/C5H11N3O/c1-4(2)8-5(6)7-3-9/h3-4H,1-2H3,(H3,6,7,8,9). The second-order valence-electron chi connectivity index (χ2n) is 1.87. The molecule has 1 amide bonds.